The summed E-state index contributed by atoms with van der Waals surface area (Å²) in [6.07, 6.45) is 2.15. The molecule has 4 atom stereocenters. The Bertz CT molecular complexity index is 1250. The van der Waals surface area contributed by atoms with Crippen molar-refractivity contribution in [2.24, 2.45) is 0 Å². The number of esters is 4. The second-order valence-corrected chi connectivity index (χ2v) is 8.60. The van der Waals surface area contributed by atoms with E-state index in [0.717, 1.165) is 12.2 Å². The smallest absolute Gasteiger partial charge is 0.346 e. The van der Waals surface area contributed by atoms with Crippen molar-refractivity contribution in [3.05, 3.63) is 83.9 Å². The molecule has 3 unspecified atom stereocenters. The van der Waals surface area contributed by atoms with Gasteiger partial charge in [-0.3, -0.25) is 25.0 Å². The van der Waals surface area contributed by atoms with Gasteiger partial charge >= 0.3 is 35.8 Å². The van der Waals surface area contributed by atoms with Gasteiger partial charge < -0.3 is 19.7 Å². The van der Waals surface area contributed by atoms with Gasteiger partial charge in [0.05, 0.1) is 17.5 Å². The Balaban J connectivity index is 1.52. The van der Waals surface area contributed by atoms with Crippen LogP contribution in [0.15, 0.2) is 72.8 Å². The third-order valence-corrected chi connectivity index (χ3v) is 5.86. The molecule has 0 saturated heterocycles. The van der Waals surface area contributed by atoms with Crippen molar-refractivity contribution in [3.8, 4) is 0 Å². The standard InChI is InChI=1S/C27H26N2O10/c30-22(38-26(36)16-7-3-1-4-8-16)14-13-20(24(32)33)28-18-11-12-19(18)29-21(25(34)35)15-23(31)39-27(37)17-9-5-2-6-10-17/h1-10,13-14,18-21,28-29H,11-12,15H2,(H,32,33)(H,34,35)/b14-13+/t18?,19?,20?,21-/m0/s1. The molecule has 2 aromatic rings. The lowest BCUT2D eigenvalue weighted by Gasteiger charge is -2.40. The van der Waals surface area contributed by atoms with Crippen LogP contribution < -0.4 is 10.6 Å². The zero-order valence-corrected chi connectivity index (χ0v) is 20.5. The first-order valence-electron chi connectivity index (χ1n) is 11.9. The minimum atomic E-state index is -1.39. The lowest BCUT2D eigenvalue weighted by molar-refractivity contribution is -0.146. The molecule has 12 heteroatoms. The number of hydrogen-bond acceptors (Lipinski definition) is 10. The summed E-state index contributed by atoms with van der Waals surface area (Å²) in [6, 6.07) is 11.7. The van der Waals surface area contributed by atoms with Crippen LogP contribution in [0.1, 0.15) is 40.0 Å². The Kier molecular flexibility index (Phi) is 10.2. The molecule has 204 valence electrons. The van der Waals surface area contributed by atoms with Gasteiger partial charge in [-0.05, 0) is 43.2 Å². The van der Waals surface area contributed by atoms with Crippen LogP contribution >= 0.6 is 0 Å². The summed E-state index contributed by atoms with van der Waals surface area (Å²) in [7, 11) is 0. The van der Waals surface area contributed by atoms with Crippen molar-refractivity contribution in [1.82, 2.24) is 10.6 Å². The molecule has 1 fully saturated rings. The zero-order chi connectivity index (χ0) is 28.4. The van der Waals surface area contributed by atoms with Gasteiger partial charge in [0.15, 0.2) is 0 Å². The maximum Gasteiger partial charge on any atom is 0.346 e. The predicted molar refractivity (Wildman–Crippen MR) is 133 cm³/mol. The molecule has 4 N–H and O–H groups in total. The van der Waals surface area contributed by atoms with Crippen LogP contribution in [-0.2, 0) is 28.7 Å². The highest BCUT2D eigenvalue weighted by molar-refractivity contribution is 6.00. The molecule has 12 nitrogen and oxygen atoms in total. The second kappa shape index (κ2) is 13.7. The number of rotatable bonds is 12. The van der Waals surface area contributed by atoms with Gasteiger partial charge in [-0.25, -0.2) is 14.4 Å². The summed E-state index contributed by atoms with van der Waals surface area (Å²) in [6.45, 7) is 0. The van der Waals surface area contributed by atoms with Crippen LogP contribution in [0, 0.1) is 0 Å². The lowest BCUT2D eigenvalue weighted by Crippen LogP contribution is -2.61. The first-order valence-corrected chi connectivity index (χ1v) is 11.9. The number of nitrogens with one attached hydrogen (secondary N) is 2. The van der Waals surface area contributed by atoms with Gasteiger partial charge in [-0.2, -0.15) is 0 Å². The number of carbonyl (C=O) groups is 6. The molecule has 2 aromatic carbocycles. The Morgan fingerprint density at radius 2 is 1.28 bits per heavy atom. The maximum absolute atomic E-state index is 12.2. The fraction of sp³-hybridized carbons (Fsp3) is 0.259. The molecule has 1 aliphatic carbocycles. The molecule has 1 saturated carbocycles. The highest BCUT2D eigenvalue weighted by Crippen LogP contribution is 2.22. The van der Waals surface area contributed by atoms with Crippen molar-refractivity contribution in [2.45, 2.75) is 43.4 Å². The first-order chi connectivity index (χ1) is 18.6. The summed E-state index contributed by atoms with van der Waals surface area (Å²) in [5, 5.41) is 24.6. The van der Waals surface area contributed by atoms with E-state index < -0.39 is 66.4 Å². The maximum atomic E-state index is 12.2. The summed E-state index contributed by atoms with van der Waals surface area (Å²) < 4.78 is 9.41. The van der Waals surface area contributed by atoms with E-state index in [0.29, 0.717) is 12.8 Å². The third-order valence-electron chi connectivity index (χ3n) is 5.86. The van der Waals surface area contributed by atoms with Crippen molar-refractivity contribution in [2.75, 3.05) is 0 Å². The lowest BCUT2D eigenvalue weighted by atomic mass is 9.85. The molecule has 0 spiro atoms. The summed E-state index contributed by atoms with van der Waals surface area (Å²) in [5.41, 5.74) is 0.284. The molecule has 0 radical (unpaired) electrons. The topological polar surface area (TPSA) is 185 Å². The minimum absolute atomic E-state index is 0.134. The highest BCUT2D eigenvalue weighted by atomic mass is 16.6. The fourth-order valence-electron chi connectivity index (χ4n) is 3.69. The molecule has 0 aliphatic heterocycles. The number of carbonyl (C=O) groups excluding carboxylic acids is 4. The molecule has 0 aromatic heterocycles. The zero-order valence-electron chi connectivity index (χ0n) is 20.5. The number of hydrogen-bond donors (Lipinski definition) is 4. The van der Waals surface area contributed by atoms with E-state index >= 15 is 0 Å². The molecular formula is C27H26N2O10. The van der Waals surface area contributed by atoms with Crippen LogP contribution in [0.4, 0.5) is 0 Å². The van der Waals surface area contributed by atoms with Gasteiger partial charge in [0.25, 0.3) is 0 Å². The van der Waals surface area contributed by atoms with Gasteiger partial charge in [0, 0.05) is 18.2 Å². The Morgan fingerprint density at radius 1 is 0.769 bits per heavy atom. The average Bonchev–Trinajstić information content (AvgIpc) is 2.90. The fourth-order valence-corrected chi connectivity index (χ4v) is 3.69. The van der Waals surface area contributed by atoms with Crippen molar-refractivity contribution in [1.29, 1.82) is 0 Å². The van der Waals surface area contributed by atoms with E-state index in [1.54, 1.807) is 36.4 Å². The number of ether oxygens (including phenoxy) is 2. The SMILES string of the molecule is O=C(/C=C/C(NC1CCC1N[C@@H](CC(=O)OC(=O)c1ccccc1)C(=O)O)C(=O)O)OC(=O)c1ccccc1. The Hall–Kier alpha value is -4.68. The summed E-state index contributed by atoms with van der Waals surface area (Å²) in [5.74, 6) is -6.58. The first kappa shape index (κ1) is 28.9. The van der Waals surface area contributed by atoms with E-state index in [2.05, 4.69) is 15.4 Å². The normalized spacial score (nSPS) is 17.8. The van der Waals surface area contributed by atoms with Crippen LogP contribution in [0.25, 0.3) is 0 Å². The van der Waals surface area contributed by atoms with Gasteiger partial charge in [0.1, 0.15) is 12.1 Å². The van der Waals surface area contributed by atoms with E-state index in [-0.39, 0.29) is 11.1 Å². The highest BCUT2D eigenvalue weighted by Gasteiger charge is 2.37. The van der Waals surface area contributed by atoms with E-state index in [9.17, 15) is 39.0 Å². The van der Waals surface area contributed by atoms with Gasteiger partial charge in [-0.15, -0.1) is 0 Å². The monoisotopic (exact) mass is 538 g/mol. The number of carboxylic acids is 2. The van der Waals surface area contributed by atoms with Crippen LogP contribution in [-0.4, -0.2) is 70.2 Å². The number of benzene rings is 2. The molecular weight excluding hydrogens is 512 g/mol. The molecule has 0 amide bonds. The minimum Gasteiger partial charge on any atom is -0.480 e. The largest absolute Gasteiger partial charge is 0.480 e. The van der Waals surface area contributed by atoms with Crippen molar-refractivity contribution in [3.63, 3.8) is 0 Å². The van der Waals surface area contributed by atoms with E-state index in [1.807, 2.05) is 0 Å². The van der Waals surface area contributed by atoms with Crippen LogP contribution in [0.2, 0.25) is 0 Å². The number of carboxylic acid groups (broad SMARTS) is 2. The van der Waals surface area contributed by atoms with E-state index in [4.69, 9.17) is 4.74 Å². The summed E-state index contributed by atoms with van der Waals surface area (Å²) >= 11 is 0. The van der Waals surface area contributed by atoms with E-state index in [1.165, 1.54) is 24.3 Å². The van der Waals surface area contributed by atoms with Crippen molar-refractivity contribution < 1.29 is 48.5 Å². The predicted octanol–water partition coefficient (Wildman–Crippen LogP) is 1.32. The molecule has 39 heavy (non-hydrogen) atoms. The molecule has 0 bridgehead atoms. The van der Waals surface area contributed by atoms with Crippen molar-refractivity contribution >= 4 is 35.8 Å². The third kappa shape index (κ3) is 8.69. The van der Waals surface area contributed by atoms with Gasteiger partial charge in [-0.1, -0.05) is 36.4 Å². The average molecular weight is 539 g/mol. The Labute approximate surface area is 222 Å². The quantitative estimate of drug-likeness (QED) is 0.173. The van der Waals surface area contributed by atoms with Crippen LogP contribution in [0.3, 0.4) is 0 Å². The van der Waals surface area contributed by atoms with Crippen LogP contribution in [0.5, 0.6) is 0 Å². The summed E-state index contributed by atoms with van der Waals surface area (Å²) in [4.78, 5) is 71.6. The molecule has 0 heterocycles. The molecule has 3 rings (SSSR count). The number of aliphatic carboxylic acids is 2. The molecule has 1 aliphatic rings. The second-order valence-electron chi connectivity index (χ2n) is 8.60. The Morgan fingerprint density at radius 3 is 1.77 bits per heavy atom. The van der Waals surface area contributed by atoms with Gasteiger partial charge in [0.2, 0.25) is 0 Å².